The van der Waals surface area contributed by atoms with Crippen LogP contribution in [0.3, 0.4) is 0 Å². The molecule has 18 heavy (non-hydrogen) atoms. The summed E-state index contributed by atoms with van der Waals surface area (Å²) < 4.78 is 5.08. The zero-order valence-electron chi connectivity index (χ0n) is 10.6. The normalized spacial score (nSPS) is 24.6. The van der Waals surface area contributed by atoms with Gasteiger partial charge in [0.05, 0.1) is 19.3 Å². The molecule has 7 heteroatoms. The Bertz CT molecular complexity index is 301. The van der Waals surface area contributed by atoms with Crippen molar-refractivity contribution in [1.29, 1.82) is 0 Å². The Morgan fingerprint density at radius 1 is 1.50 bits per heavy atom. The van der Waals surface area contributed by atoms with E-state index in [0.717, 1.165) is 12.2 Å². The van der Waals surface area contributed by atoms with Crippen molar-refractivity contribution in [2.24, 2.45) is 5.92 Å². The van der Waals surface area contributed by atoms with E-state index in [1.54, 1.807) is 11.8 Å². The molecule has 0 bridgehead atoms. The number of rotatable bonds is 6. The molecule has 3 N–H and O–H groups in total. The molecule has 1 heterocycles. The summed E-state index contributed by atoms with van der Waals surface area (Å²) in [7, 11) is 0. The van der Waals surface area contributed by atoms with E-state index in [1.165, 1.54) is 0 Å². The van der Waals surface area contributed by atoms with E-state index in [4.69, 9.17) is 9.84 Å². The number of aliphatic carboxylic acids is 1. The Morgan fingerprint density at radius 2 is 2.22 bits per heavy atom. The van der Waals surface area contributed by atoms with E-state index in [0.29, 0.717) is 0 Å². The highest BCUT2D eigenvalue weighted by Crippen LogP contribution is 2.13. The van der Waals surface area contributed by atoms with Crippen LogP contribution in [0.1, 0.15) is 13.3 Å². The van der Waals surface area contributed by atoms with Crippen molar-refractivity contribution in [3.63, 3.8) is 0 Å². The molecule has 3 unspecified atom stereocenters. The van der Waals surface area contributed by atoms with E-state index < -0.39 is 17.9 Å². The SMILES string of the molecule is CSCCC(C)NC(=O)NC1COCC1C(=O)O. The van der Waals surface area contributed by atoms with E-state index in [9.17, 15) is 9.59 Å². The highest BCUT2D eigenvalue weighted by Gasteiger charge is 2.35. The fraction of sp³-hybridized carbons (Fsp3) is 0.818. The number of carboxylic acids is 1. The molecule has 1 rings (SSSR count). The van der Waals surface area contributed by atoms with Crippen molar-refractivity contribution in [2.45, 2.75) is 25.4 Å². The Kier molecular flexibility index (Phi) is 6.28. The van der Waals surface area contributed by atoms with Gasteiger partial charge >= 0.3 is 12.0 Å². The van der Waals surface area contributed by atoms with Crippen LogP contribution in [0.2, 0.25) is 0 Å². The molecule has 1 saturated heterocycles. The molecule has 1 fully saturated rings. The third-order valence-corrected chi connectivity index (χ3v) is 3.49. The van der Waals surface area contributed by atoms with Crippen LogP contribution in [-0.4, -0.2) is 54.4 Å². The number of carbonyl (C=O) groups is 2. The van der Waals surface area contributed by atoms with Crippen molar-refractivity contribution in [1.82, 2.24) is 10.6 Å². The van der Waals surface area contributed by atoms with Crippen LogP contribution in [0.25, 0.3) is 0 Å². The average molecular weight is 276 g/mol. The number of amides is 2. The lowest BCUT2D eigenvalue weighted by Crippen LogP contribution is -2.49. The highest BCUT2D eigenvalue weighted by molar-refractivity contribution is 7.98. The van der Waals surface area contributed by atoms with Crippen LogP contribution in [-0.2, 0) is 9.53 Å². The number of thioether (sulfide) groups is 1. The van der Waals surface area contributed by atoms with Crippen LogP contribution in [0, 0.1) is 5.92 Å². The predicted molar refractivity (Wildman–Crippen MR) is 69.9 cm³/mol. The Morgan fingerprint density at radius 3 is 2.83 bits per heavy atom. The maximum Gasteiger partial charge on any atom is 0.315 e. The summed E-state index contributed by atoms with van der Waals surface area (Å²) >= 11 is 1.72. The lowest BCUT2D eigenvalue weighted by atomic mass is 10.0. The summed E-state index contributed by atoms with van der Waals surface area (Å²) in [4.78, 5) is 22.6. The molecule has 2 amide bonds. The Balaban J connectivity index is 2.33. The number of nitrogens with one attached hydrogen (secondary N) is 2. The van der Waals surface area contributed by atoms with Crippen molar-refractivity contribution in [3.05, 3.63) is 0 Å². The van der Waals surface area contributed by atoms with Gasteiger partial charge in [-0.25, -0.2) is 4.79 Å². The summed E-state index contributed by atoms with van der Waals surface area (Å²) in [6, 6.07) is -0.705. The number of hydrogen-bond acceptors (Lipinski definition) is 4. The van der Waals surface area contributed by atoms with Crippen LogP contribution in [0.15, 0.2) is 0 Å². The van der Waals surface area contributed by atoms with Gasteiger partial charge in [-0.2, -0.15) is 11.8 Å². The van der Waals surface area contributed by atoms with Gasteiger partial charge in [0.15, 0.2) is 0 Å². The van der Waals surface area contributed by atoms with Crippen molar-refractivity contribution < 1.29 is 19.4 Å². The van der Waals surface area contributed by atoms with E-state index in [2.05, 4.69) is 10.6 Å². The smallest absolute Gasteiger partial charge is 0.315 e. The molecule has 0 saturated carbocycles. The van der Waals surface area contributed by atoms with Gasteiger partial charge in [-0.15, -0.1) is 0 Å². The zero-order valence-corrected chi connectivity index (χ0v) is 11.5. The summed E-state index contributed by atoms with van der Waals surface area (Å²) in [6.45, 7) is 2.33. The molecular formula is C11H20N2O4S. The fourth-order valence-corrected chi connectivity index (χ4v) is 2.33. The van der Waals surface area contributed by atoms with E-state index in [-0.39, 0.29) is 25.3 Å². The Labute approximate surface area is 111 Å². The van der Waals surface area contributed by atoms with Crippen molar-refractivity contribution in [2.75, 3.05) is 25.2 Å². The predicted octanol–water partition coefficient (Wildman–Crippen LogP) is 0.527. The molecule has 0 aromatic rings. The molecule has 0 spiro atoms. The first-order valence-corrected chi connectivity index (χ1v) is 7.30. The number of hydrogen-bond donors (Lipinski definition) is 3. The van der Waals surface area contributed by atoms with Gasteiger partial charge in [-0.3, -0.25) is 4.79 Å². The van der Waals surface area contributed by atoms with Gasteiger partial charge in [-0.05, 0) is 25.4 Å². The molecule has 0 aliphatic carbocycles. The molecule has 0 aromatic carbocycles. The maximum absolute atomic E-state index is 11.7. The molecule has 1 aliphatic rings. The quantitative estimate of drug-likeness (QED) is 0.658. The second-order valence-corrected chi connectivity index (χ2v) is 5.37. The average Bonchev–Trinajstić information content (AvgIpc) is 2.74. The molecule has 0 aromatic heterocycles. The van der Waals surface area contributed by atoms with Crippen molar-refractivity contribution in [3.8, 4) is 0 Å². The monoisotopic (exact) mass is 276 g/mol. The number of urea groups is 1. The summed E-state index contributed by atoms with van der Waals surface area (Å²) in [5.41, 5.74) is 0. The van der Waals surface area contributed by atoms with Crippen molar-refractivity contribution >= 4 is 23.8 Å². The summed E-state index contributed by atoms with van der Waals surface area (Å²) in [6.07, 6.45) is 2.90. The fourth-order valence-electron chi connectivity index (χ4n) is 1.74. The maximum atomic E-state index is 11.7. The largest absolute Gasteiger partial charge is 0.481 e. The molecule has 104 valence electrons. The first-order chi connectivity index (χ1) is 8.54. The zero-order chi connectivity index (χ0) is 13.5. The molecular weight excluding hydrogens is 256 g/mol. The first-order valence-electron chi connectivity index (χ1n) is 5.91. The number of carboxylic acid groups (broad SMARTS) is 1. The van der Waals surface area contributed by atoms with Gasteiger partial charge in [0, 0.05) is 6.04 Å². The minimum absolute atomic E-state index is 0.0723. The standard InChI is InChI=1S/C11H20N2O4S/c1-7(3-4-18-2)12-11(16)13-9-6-17-5-8(9)10(14)15/h7-9H,3-6H2,1-2H3,(H,14,15)(H2,12,13,16). The Hall–Kier alpha value is -0.950. The van der Waals surface area contributed by atoms with Crippen LogP contribution in [0.5, 0.6) is 0 Å². The van der Waals surface area contributed by atoms with Gasteiger partial charge in [0.2, 0.25) is 0 Å². The van der Waals surface area contributed by atoms with E-state index >= 15 is 0 Å². The topological polar surface area (TPSA) is 87.7 Å². The van der Waals surface area contributed by atoms with Crippen LogP contribution >= 0.6 is 11.8 Å². The molecule has 0 radical (unpaired) electrons. The van der Waals surface area contributed by atoms with Gasteiger partial charge in [0.25, 0.3) is 0 Å². The highest BCUT2D eigenvalue weighted by atomic mass is 32.2. The third kappa shape index (κ3) is 4.73. The second-order valence-electron chi connectivity index (χ2n) is 4.39. The van der Waals surface area contributed by atoms with Gasteiger partial charge in [-0.1, -0.05) is 0 Å². The minimum atomic E-state index is -0.937. The molecule has 1 aliphatic heterocycles. The lowest BCUT2D eigenvalue weighted by molar-refractivity contribution is -0.142. The van der Waals surface area contributed by atoms with Gasteiger partial charge < -0.3 is 20.5 Å². The lowest BCUT2D eigenvalue weighted by Gasteiger charge is -2.19. The van der Waals surface area contributed by atoms with Crippen LogP contribution < -0.4 is 10.6 Å². The molecule has 3 atom stereocenters. The number of carbonyl (C=O) groups excluding carboxylic acids is 1. The summed E-state index contributed by atoms with van der Waals surface area (Å²) in [5, 5.41) is 14.4. The second kappa shape index (κ2) is 7.48. The van der Waals surface area contributed by atoms with Gasteiger partial charge in [0.1, 0.15) is 5.92 Å². The molecule has 6 nitrogen and oxygen atoms in total. The minimum Gasteiger partial charge on any atom is -0.481 e. The first kappa shape index (κ1) is 15.1. The third-order valence-electron chi connectivity index (χ3n) is 2.85. The number of ether oxygens (including phenoxy) is 1. The summed E-state index contributed by atoms with van der Waals surface area (Å²) in [5.74, 6) is -0.614. The van der Waals surface area contributed by atoms with Crippen LogP contribution in [0.4, 0.5) is 4.79 Å². The van der Waals surface area contributed by atoms with E-state index in [1.807, 2.05) is 13.2 Å².